The fraction of sp³-hybridized carbons (Fsp3) is 0.455. The number of rotatable bonds is 6. The van der Waals surface area contributed by atoms with Crippen molar-refractivity contribution in [1.29, 1.82) is 0 Å². The Morgan fingerprint density at radius 2 is 2.35 bits per heavy atom. The summed E-state index contributed by atoms with van der Waals surface area (Å²) in [5.74, 6) is 5.53. The van der Waals surface area contributed by atoms with Crippen LogP contribution in [0.4, 0.5) is 5.82 Å². The second-order valence-electron chi connectivity index (χ2n) is 3.61. The number of hydrazine groups is 1. The van der Waals surface area contributed by atoms with E-state index in [0.29, 0.717) is 24.6 Å². The van der Waals surface area contributed by atoms with Gasteiger partial charge in [-0.1, -0.05) is 0 Å². The number of nitrogens with zero attached hydrogens (tertiary/aromatic N) is 1. The zero-order valence-corrected chi connectivity index (χ0v) is 10.1. The Morgan fingerprint density at radius 1 is 1.59 bits per heavy atom. The molecule has 1 amide bonds. The van der Waals surface area contributed by atoms with Gasteiger partial charge >= 0.3 is 0 Å². The van der Waals surface area contributed by atoms with Gasteiger partial charge in [-0.2, -0.15) is 0 Å². The topological polar surface area (TPSA) is 89.3 Å². The van der Waals surface area contributed by atoms with Crippen LogP contribution in [0.1, 0.15) is 24.2 Å². The van der Waals surface area contributed by atoms with E-state index in [0.717, 1.165) is 0 Å². The van der Waals surface area contributed by atoms with Gasteiger partial charge in [-0.05, 0) is 26.0 Å². The van der Waals surface area contributed by atoms with Crippen molar-refractivity contribution in [3.8, 4) is 0 Å². The first-order valence-electron chi connectivity index (χ1n) is 5.48. The molecule has 1 atom stereocenters. The lowest BCUT2D eigenvalue weighted by Crippen LogP contribution is -2.35. The predicted molar refractivity (Wildman–Crippen MR) is 65.5 cm³/mol. The molecule has 6 nitrogen and oxygen atoms in total. The van der Waals surface area contributed by atoms with Crippen molar-refractivity contribution in [3.05, 3.63) is 23.9 Å². The SMILES string of the molecule is CCOCC(C)NC(=O)c1ccc(NN)nc1. The van der Waals surface area contributed by atoms with Gasteiger partial charge in [0.15, 0.2) is 0 Å². The molecule has 1 unspecified atom stereocenters. The van der Waals surface area contributed by atoms with E-state index < -0.39 is 0 Å². The van der Waals surface area contributed by atoms with Crippen molar-refractivity contribution < 1.29 is 9.53 Å². The molecule has 4 N–H and O–H groups in total. The molecule has 0 bridgehead atoms. The molecule has 94 valence electrons. The first-order chi connectivity index (χ1) is 8.17. The Morgan fingerprint density at radius 3 is 2.88 bits per heavy atom. The number of carbonyl (C=O) groups is 1. The Kier molecular flexibility index (Phi) is 5.38. The molecule has 1 aromatic heterocycles. The largest absolute Gasteiger partial charge is 0.380 e. The first kappa shape index (κ1) is 13.4. The Labute approximate surface area is 101 Å². The summed E-state index contributed by atoms with van der Waals surface area (Å²) < 4.78 is 5.21. The summed E-state index contributed by atoms with van der Waals surface area (Å²) in [4.78, 5) is 15.7. The lowest BCUT2D eigenvalue weighted by molar-refractivity contribution is 0.0871. The third kappa shape index (κ3) is 4.38. The van der Waals surface area contributed by atoms with E-state index in [1.807, 2.05) is 13.8 Å². The van der Waals surface area contributed by atoms with Crippen LogP contribution < -0.4 is 16.6 Å². The number of pyridine rings is 1. The minimum absolute atomic E-state index is 0.0326. The third-order valence-electron chi connectivity index (χ3n) is 2.12. The minimum Gasteiger partial charge on any atom is -0.380 e. The molecule has 0 radical (unpaired) electrons. The van der Waals surface area contributed by atoms with Crippen molar-refractivity contribution >= 4 is 11.7 Å². The minimum atomic E-state index is -0.173. The van der Waals surface area contributed by atoms with Crippen LogP contribution in [0.25, 0.3) is 0 Å². The van der Waals surface area contributed by atoms with Gasteiger partial charge in [-0.25, -0.2) is 10.8 Å². The van der Waals surface area contributed by atoms with Gasteiger partial charge in [-0.15, -0.1) is 0 Å². The van der Waals surface area contributed by atoms with E-state index in [4.69, 9.17) is 10.6 Å². The van der Waals surface area contributed by atoms with Crippen molar-refractivity contribution in [3.63, 3.8) is 0 Å². The predicted octanol–water partition coefficient (Wildman–Crippen LogP) is 0.522. The molecule has 1 aromatic rings. The molecule has 0 aromatic carbocycles. The highest BCUT2D eigenvalue weighted by atomic mass is 16.5. The number of nitrogens with one attached hydrogen (secondary N) is 2. The molecular weight excluding hydrogens is 220 g/mol. The molecule has 0 fully saturated rings. The van der Waals surface area contributed by atoms with Gasteiger partial charge in [0.1, 0.15) is 5.82 Å². The van der Waals surface area contributed by atoms with Crippen LogP contribution in [0.15, 0.2) is 18.3 Å². The van der Waals surface area contributed by atoms with Gasteiger partial charge in [0, 0.05) is 18.8 Å². The number of aromatic nitrogens is 1. The van der Waals surface area contributed by atoms with Crippen LogP contribution in [0.3, 0.4) is 0 Å². The van der Waals surface area contributed by atoms with Gasteiger partial charge in [0.25, 0.3) is 5.91 Å². The van der Waals surface area contributed by atoms with E-state index >= 15 is 0 Å². The summed E-state index contributed by atoms with van der Waals surface area (Å²) in [5, 5.41) is 2.81. The third-order valence-corrected chi connectivity index (χ3v) is 2.12. The number of hydrogen-bond acceptors (Lipinski definition) is 5. The number of nitrogens with two attached hydrogens (primary N) is 1. The van der Waals surface area contributed by atoms with Crippen molar-refractivity contribution in [1.82, 2.24) is 10.3 Å². The highest BCUT2D eigenvalue weighted by molar-refractivity contribution is 5.94. The fourth-order valence-corrected chi connectivity index (χ4v) is 1.26. The van der Waals surface area contributed by atoms with Gasteiger partial charge in [-0.3, -0.25) is 4.79 Å². The summed E-state index contributed by atoms with van der Waals surface area (Å²) >= 11 is 0. The highest BCUT2D eigenvalue weighted by Crippen LogP contribution is 2.03. The summed E-state index contributed by atoms with van der Waals surface area (Å²) in [6.45, 7) is 4.94. The van der Waals surface area contributed by atoms with Gasteiger partial charge in [0.2, 0.25) is 0 Å². The Bertz CT molecular complexity index is 353. The van der Waals surface area contributed by atoms with E-state index in [1.54, 1.807) is 12.1 Å². The average molecular weight is 238 g/mol. The van der Waals surface area contributed by atoms with Crippen LogP contribution in [-0.4, -0.2) is 30.1 Å². The number of hydrogen-bond donors (Lipinski definition) is 3. The van der Waals surface area contributed by atoms with Crippen LogP contribution in [-0.2, 0) is 4.74 Å². The Balaban J connectivity index is 2.51. The molecule has 0 saturated heterocycles. The summed E-state index contributed by atoms with van der Waals surface area (Å²) in [7, 11) is 0. The van der Waals surface area contributed by atoms with E-state index in [9.17, 15) is 4.79 Å². The molecule has 6 heteroatoms. The first-order valence-corrected chi connectivity index (χ1v) is 5.48. The average Bonchev–Trinajstić information content (AvgIpc) is 2.36. The monoisotopic (exact) mass is 238 g/mol. The zero-order valence-electron chi connectivity index (χ0n) is 10.1. The number of ether oxygens (including phenoxy) is 1. The second-order valence-corrected chi connectivity index (χ2v) is 3.61. The van der Waals surface area contributed by atoms with Gasteiger partial charge in [0.05, 0.1) is 12.2 Å². The number of amides is 1. The maximum atomic E-state index is 11.8. The molecule has 0 aliphatic carbocycles. The lowest BCUT2D eigenvalue weighted by Gasteiger charge is -2.13. The highest BCUT2D eigenvalue weighted by Gasteiger charge is 2.09. The van der Waals surface area contributed by atoms with E-state index in [1.165, 1.54) is 6.20 Å². The quantitative estimate of drug-likeness (QED) is 0.496. The summed E-state index contributed by atoms with van der Waals surface area (Å²) in [6.07, 6.45) is 1.47. The van der Waals surface area contributed by atoms with Crippen molar-refractivity contribution in [2.75, 3.05) is 18.6 Å². The lowest BCUT2D eigenvalue weighted by atomic mass is 10.2. The second kappa shape index (κ2) is 6.82. The van der Waals surface area contributed by atoms with Crippen molar-refractivity contribution in [2.45, 2.75) is 19.9 Å². The standard InChI is InChI=1S/C11H18N4O2/c1-3-17-7-8(2)14-11(16)9-4-5-10(15-12)13-6-9/h4-6,8H,3,7,12H2,1-2H3,(H,13,15)(H,14,16). The molecule has 1 heterocycles. The molecule has 0 aliphatic heterocycles. The maximum absolute atomic E-state index is 11.8. The Hall–Kier alpha value is -1.66. The van der Waals surface area contributed by atoms with E-state index in [-0.39, 0.29) is 11.9 Å². The number of carbonyl (C=O) groups excluding carboxylic acids is 1. The smallest absolute Gasteiger partial charge is 0.253 e. The molecular formula is C11H18N4O2. The molecule has 0 saturated carbocycles. The molecule has 0 aliphatic rings. The zero-order chi connectivity index (χ0) is 12.7. The molecule has 1 rings (SSSR count). The van der Waals surface area contributed by atoms with Crippen LogP contribution in [0.2, 0.25) is 0 Å². The maximum Gasteiger partial charge on any atom is 0.253 e. The van der Waals surface area contributed by atoms with Crippen LogP contribution in [0.5, 0.6) is 0 Å². The van der Waals surface area contributed by atoms with Crippen LogP contribution >= 0.6 is 0 Å². The normalized spacial score (nSPS) is 11.9. The molecule has 17 heavy (non-hydrogen) atoms. The summed E-state index contributed by atoms with van der Waals surface area (Å²) in [6, 6.07) is 3.27. The number of nitrogen functional groups attached to an aromatic ring is 1. The summed E-state index contributed by atoms with van der Waals surface area (Å²) in [5.41, 5.74) is 2.89. The van der Waals surface area contributed by atoms with Gasteiger partial charge < -0.3 is 15.5 Å². The van der Waals surface area contributed by atoms with E-state index in [2.05, 4.69) is 15.7 Å². The molecule has 0 spiro atoms. The number of anilines is 1. The van der Waals surface area contributed by atoms with Crippen LogP contribution in [0, 0.1) is 0 Å². The fourth-order valence-electron chi connectivity index (χ4n) is 1.26. The van der Waals surface area contributed by atoms with Crippen molar-refractivity contribution in [2.24, 2.45) is 5.84 Å².